The predicted octanol–water partition coefficient (Wildman–Crippen LogP) is 6.75. The highest BCUT2D eigenvalue weighted by atomic mass is 28.3. The van der Waals surface area contributed by atoms with Crippen molar-refractivity contribution in [1.29, 1.82) is 0 Å². The van der Waals surface area contributed by atoms with E-state index in [1.165, 1.54) is 0 Å². The summed E-state index contributed by atoms with van der Waals surface area (Å²) in [5.74, 6) is 0.692. The minimum absolute atomic E-state index is 0.0488. The highest BCUT2D eigenvalue weighted by Crippen LogP contribution is 2.32. The van der Waals surface area contributed by atoms with Crippen molar-refractivity contribution in [2.45, 2.75) is 106 Å². The van der Waals surface area contributed by atoms with E-state index >= 15 is 0 Å². The van der Waals surface area contributed by atoms with Gasteiger partial charge in [0.25, 0.3) is 0 Å². The number of hydrogen-bond donors (Lipinski definition) is 0. The second-order valence-electron chi connectivity index (χ2n) is 12.4. The van der Waals surface area contributed by atoms with Crippen LogP contribution < -0.4 is 9.47 Å². The number of hydrogen-bond acceptors (Lipinski definition) is 9. The summed E-state index contributed by atoms with van der Waals surface area (Å²) >= 11 is 0. The molecule has 3 aromatic heterocycles. The number of rotatable bonds is 15. The van der Waals surface area contributed by atoms with Crippen molar-refractivity contribution in [2.75, 3.05) is 13.2 Å². The van der Waals surface area contributed by atoms with Crippen LogP contribution in [-0.2, 0) is 21.0 Å². The first-order valence-electron chi connectivity index (χ1n) is 15.0. The van der Waals surface area contributed by atoms with E-state index in [0.29, 0.717) is 42.9 Å². The van der Waals surface area contributed by atoms with Crippen molar-refractivity contribution in [3.63, 3.8) is 0 Å². The van der Waals surface area contributed by atoms with E-state index in [2.05, 4.69) is 33.1 Å². The van der Waals surface area contributed by atoms with Gasteiger partial charge in [-0.05, 0) is 72.1 Å². The van der Waals surface area contributed by atoms with E-state index in [4.69, 9.17) is 18.9 Å². The van der Waals surface area contributed by atoms with Crippen LogP contribution in [-0.4, -0.2) is 64.4 Å². The number of nitrogens with zero attached hydrogens (tertiary/aromatic N) is 5. The van der Waals surface area contributed by atoms with E-state index in [1.54, 1.807) is 17.1 Å². The minimum atomic E-state index is -0.732. The summed E-state index contributed by atoms with van der Waals surface area (Å²) in [7, 11) is -0.347. The third kappa shape index (κ3) is 9.59. The Balaban J connectivity index is 1.74. The molecule has 0 spiro atoms. The lowest BCUT2D eigenvalue weighted by molar-refractivity contribution is -0.170. The van der Waals surface area contributed by atoms with Crippen LogP contribution in [0.2, 0.25) is 19.1 Å². The molecule has 0 saturated heterocycles. The molecular weight excluding hydrogens is 562 g/mol. The Morgan fingerprint density at radius 3 is 2.35 bits per heavy atom. The van der Waals surface area contributed by atoms with Crippen molar-refractivity contribution < 1.29 is 23.7 Å². The molecule has 3 aromatic rings. The highest BCUT2D eigenvalue weighted by molar-refractivity contribution is 6.55. The van der Waals surface area contributed by atoms with Crippen LogP contribution in [0.3, 0.4) is 0 Å². The molecule has 0 atom stereocenters. The molecule has 0 aliphatic carbocycles. The molecule has 0 fully saturated rings. The molecule has 0 unspecified atom stereocenters. The molecule has 0 aromatic carbocycles. The third-order valence-corrected chi connectivity index (χ3v) is 8.21. The average Bonchev–Trinajstić information content (AvgIpc) is 3.33. The van der Waals surface area contributed by atoms with Gasteiger partial charge in [0.1, 0.15) is 30.0 Å². The van der Waals surface area contributed by atoms with Gasteiger partial charge >= 0.3 is 12.0 Å². The van der Waals surface area contributed by atoms with Gasteiger partial charge in [0.05, 0.1) is 6.10 Å². The largest absolute Gasteiger partial charge is 0.476 e. The summed E-state index contributed by atoms with van der Waals surface area (Å²) in [6.45, 7) is 21.2. The second-order valence-corrected chi connectivity index (χ2v) is 15.3. The van der Waals surface area contributed by atoms with Crippen molar-refractivity contribution in [3.05, 3.63) is 36.2 Å². The lowest BCUT2D eigenvalue weighted by Gasteiger charge is -2.32. The van der Waals surface area contributed by atoms with E-state index < -0.39 is 11.0 Å². The molecule has 0 saturated carbocycles. The van der Waals surface area contributed by atoms with Crippen LogP contribution in [0.15, 0.2) is 30.6 Å². The molecule has 0 N–H and O–H groups in total. The molecule has 43 heavy (non-hydrogen) atoms. The fourth-order valence-corrected chi connectivity index (χ4v) is 4.80. The van der Waals surface area contributed by atoms with Gasteiger partial charge in [0.15, 0.2) is 0 Å². The van der Waals surface area contributed by atoms with Crippen LogP contribution in [0.1, 0.15) is 66.9 Å². The molecule has 11 heteroatoms. The van der Waals surface area contributed by atoms with Crippen molar-refractivity contribution in [3.8, 4) is 34.5 Å². The molecular formula is C32H48N5O5Si. The molecule has 235 valence electrons. The van der Waals surface area contributed by atoms with Crippen molar-refractivity contribution in [1.82, 2.24) is 24.7 Å². The molecule has 0 amide bonds. The molecule has 10 nitrogen and oxygen atoms in total. The van der Waals surface area contributed by atoms with Gasteiger partial charge < -0.3 is 18.9 Å². The van der Waals surface area contributed by atoms with Crippen LogP contribution in [0.5, 0.6) is 11.9 Å². The van der Waals surface area contributed by atoms with E-state index in [0.717, 1.165) is 22.7 Å². The van der Waals surface area contributed by atoms with Gasteiger partial charge in [0.2, 0.25) is 11.7 Å². The van der Waals surface area contributed by atoms with E-state index in [-0.39, 0.29) is 34.2 Å². The summed E-state index contributed by atoms with van der Waals surface area (Å²) in [4.78, 5) is 26.8. The normalized spacial score (nSPS) is 12.2. The Labute approximate surface area is 258 Å². The first kappa shape index (κ1) is 34.2. The number of aromatic nitrogens is 5. The van der Waals surface area contributed by atoms with Gasteiger partial charge in [-0.3, -0.25) is 9.78 Å². The van der Waals surface area contributed by atoms with Crippen LogP contribution in [0, 0.1) is 12.3 Å². The van der Waals surface area contributed by atoms with Crippen LogP contribution in [0.4, 0.5) is 0 Å². The Hall–Kier alpha value is -3.31. The maximum atomic E-state index is 13.0. The zero-order valence-corrected chi connectivity index (χ0v) is 28.5. The van der Waals surface area contributed by atoms with Crippen molar-refractivity contribution >= 4 is 14.8 Å². The quantitative estimate of drug-likeness (QED) is 0.105. The molecule has 0 bridgehead atoms. The summed E-state index contributed by atoms with van der Waals surface area (Å²) in [6.07, 6.45) is 4.73. The summed E-state index contributed by atoms with van der Waals surface area (Å²) in [5.41, 5.74) is 2.15. The number of ether oxygens (including phenoxy) is 4. The van der Waals surface area contributed by atoms with Gasteiger partial charge in [-0.25, -0.2) is 4.98 Å². The lowest BCUT2D eigenvalue weighted by atomic mass is 9.83. The number of pyridine rings is 2. The first-order valence-corrected chi connectivity index (χ1v) is 17.8. The maximum absolute atomic E-state index is 13.0. The zero-order chi connectivity index (χ0) is 31.8. The Morgan fingerprint density at radius 2 is 1.79 bits per heavy atom. The minimum Gasteiger partial charge on any atom is -0.476 e. The van der Waals surface area contributed by atoms with E-state index in [1.807, 2.05) is 73.6 Å². The third-order valence-electron chi connectivity index (χ3n) is 7.01. The highest BCUT2D eigenvalue weighted by Gasteiger charge is 2.39. The topological polar surface area (TPSA) is 110 Å². The van der Waals surface area contributed by atoms with Crippen LogP contribution in [0.25, 0.3) is 22.6 Å². The van der Waals surface area contributed by atoms with Gasteiger partial charge in [-0.1, -0.05) is 33.0 Å². The molecule has 3 rings (SSSR count). The van der Waals surface area contributed by atoms with Gasteiger partial charge in [-0.15, -0.1) is 5.10 Å². The zero-order valence-electron chi connectivity index (χ0n) is 27.5. The van der Waals surface area contributed by atoms with Gasteiger partial charge in [-0.2, -0.15) is 9.67 Å². The SMILES string of the molecule is CCC(CC)(COc1cc(C)c(-c2ccc(-c3nc(OC(C)C)n(COCC[Si](C)C)n3)nc2)cn1)C(=O)OC(C)(C)C. The number of esters is 1. The fourth-order valence-electron chi connectivity index (χ4n) is 4.24. The smallest absolute Gasteiger partial charge is 0.317 e. The second kappa shape index (κ2) is 14.9. The Morgan fingerprint density at radius 1 is 1.07 bits per heavy atom. The summed E-state index contributed by atoms with van der Waals surface area (Å²) in [5, 5.41) is 4.61. The number of carbonyl (C=O) groups excluding carboxylic acids is 1. The Bertz CT molecular complexity index is 1330. The van der Waals surface area contributed by atoms with Gasteiger partial charge in [0, 0.05) is 45.0 Å². The van der Waals surface area contributed by atoms with Crippen molar-refractivity contribution in [2.24, 2.45) is 5.41 Å². The maximum Gasteiger partial charge on any atom is 0.317 e. The fraction of sp³-hybridized carbons (Fsp3) is 0.594. The van der Waals surface area contributed by atoms with E-state index in [9.17, 15) is 4.79 Å². The molecule has 0 aliphatic rings. The lowest BCUT2D eigenvalue weighted by Crippen LogP contribution is -2.41. The summed E-state index contributed by atoms with van der Waals surface area (Å²) in [6, 6.07) is 7.22. The standard InChI is InChI=1S/C32H48N5O5Si/c1-11-32(12-2,29(38)42-31(6,7)8)20-40-27-17-23(5)25(19-34-27)24-13-14-26(33-18-24)28-35-30(41-22(3)4)37(36-28)21-39-15-16-43(9)10/h13-14,17-19,22H,11-12,15-16,20-21H2,1-10H3. The number of carbonyl (C=O) groups is 1. The monoisotopic (exact) mass is 610 g/mol. The number of aryl methyl sites for hydroxylation is 1. The Kier molecular flexibility index (Phi) is 11.9. The molecule has 1 radical (unpaired) electrons. The predicted molar refractivity (Wildman–Crippen MR) is 170 cm³/mol. The summed E-state index contributed by atoms with van der Waals surface area (Å²) < 4.78 is 25.1. The van der Waals surface area contributed by atoms with Crippen LogP contribution >= 0.6 is 0 Å². The molecule has 3 heterocycles. The first-order chi connectivity index (χ1) is 20.3. The molecule has 0 aliphatic heterocycles. The average molecular weight is 611 g/mol.